The first kappa shape index (κ1) is 19.4. The number of benzene rings is 1. The molecule has 0 atom stereocenters. The van der Waals surface area contributed by atoms with Crippen molar-refractivity contribution in [2.24, 2.45) is 0 Å². The van der Waals surface area contributed by atoms with Crippen molar-refractivity contribution in [2.45, 2.75) is 13.8 Å². The molecule has 0 bridgehead atoms. The molecule has 4 rings (SSSR count). The smallest absolute Gasteiger partial charge is 0.276 e. The quantitative estimate of drug-likeness (QED) is 0.690. The van der Waals surface area contributed by atoms with Crippen molar-refractivity contribution in [3.63, 3.8) is 0 Å². The van der Waals surface area contributed by atoms with E-state index in [0.717, 1.165) is 50.0 Å². The van der Waals surface area contributed by atoms with Crippen LogP contribution in [0.5, 0.6) is 5.75 Å². The molecule has 152 valence electrons. The van der Waals surface area contributed by atoms with Gasteiger partial charge in [0.2, 0.25) is 0 Å². The van der Waals surface area contributed by atoms with E-state index < -0.39 is 0 Å². The SMILES string of the molecule is Cc1cc(C)n2nc(C(=O)Nc3cccc(OCCN4CCOCC4)c3)cc2n1. The lowest BCUT2D eigenvalue weighted by atomic mass is 10.3. The number of nitrogens with one attached hydrogen (secondary N) is 1. The van der Waals surface area contributed by atoms with Gasteiger partial charge in [0.1, 0.15) is 12.4 Å². The Hall–Kier alpha value is -2.97. The van der Waals surface area contributed by atoms with Crippen molar-refractivity contribution >= 4 is 17.2 Å². The first-order valence-electron chi connectivity index (χ1n) is 9.77. The molecular weight excluding hydrogens is 370 g/mol. The molecule has 1 aliphatic rings. The summed E-state index contributed by atoms with van der Waals surface area (Å²) in [6.07, 6.45) is 0. The summed E-state index contributed by atoms with van der Waals surface area (Å²) >= 11 is 0. The summed E-state index contributed by atoms with van der Waals surface area (Å²) in [6, 6.07) is 11.0. The van der Waals surface area contributed by atoms with E-state index in [1.165, 1.54) is 0 Å². The number of rotatable bonds is 6. The van der Waals surface area contributed by atoms with Crippen molar-refractivity contribution in [3.05, 3.63) is 53.5 Å². The lowest BCUT2D eigenvalue weighted by molar-refractivity contribution is 0.0322. The zero-order valence-electron chi connectivity index (χ0n) is 16.7. The highest BCUT2D eigenvalue weighted by Gasteiger charge is 2.14. The zero-order chi connectivity index (χ0) is 20.2. The van der Waals surface area contributed by atoms with Crippen LogP contribution in [0.25, 0.3) is 5.65 Å². The van der Waals surface area contributed by atoms with Gasteiger partial charge in [-0.3, -0.25) is 9.69 Å². The summed E-state index contributed by atoms with van der Waals surface area (Å²) in [5.74, 6) is 0.442. The highest BCUT2D eigenvalue weighted by atomic mass is 16.5. The third kappa shape index (κ3) is 4.72. The van der Waals surface area contributed by atoms with Gasteiger partial charge in [-0.15, -0.1) is 0 Å². The van der Waals surface area contributed by atoms with Gasteiger partial charge >= 0.3 is 0 Å². The largest absolute Gasteiger partial charge is 0.492 e. The Morgan fingerprint density at radius 2 is 2.03 bits per heavy atom. The van der Waals surface area contributed by atoms with Crippen molar-refractivity contribution < 1.29 is 14.3 Å². The maximum absolute atomic E-state index is 12.6. The molecular formula is C21H25N5O3. The Labute approximate surface area is 169 Å². The fourth-order valence-electron chi connectivity index (χ4n) is 3.37. The van der Waals surface area contributed by atoms with Crippen molar-refractivity contribution in [1.82, 2.24) is 19.5 Å². The maximum atomic E-state index is 12.6. The molecule has 1 aromatic carbocycles. The van der Waals surface area contributed by atoms with Crippen LogP contribution in [0, 0.1) is 13.8 Å². The second kappa shape index (κ2) is 8.59. The lowest BCUT2D eigenvalue weighted by Crippen LogP contribution is -2.38. The van der Waals surface area contributed by atoms with E-state index in [1.807, 2.05) is 44.2 Å². The van der Waals surface area contributed by atoms with Gasteiger partial charge in [-0.2, -0.15) is 5.10 Å². The number of hydrogen-bond donors (Lipinski definition) is 1. The number of nitrogens with zero attached hydrogens (tertiary/aromatic N) is 4. The van der Waals surface area contributed by atoms with E-state index in [2.05, 4.69) is 20.3 Å². The molecule has 3 heterocycles. The molecule has 2 aromatic heterocycles. The molecule has 1 amide bonds. The Kier molecular flexibility index (Phi) is 5.73. The predicted octanol–water partition coefficient (Wildman–Crippen LogP) is 2.31. The highest BCUT2D eigenvalue weighted by Crippen LogP contribution is 2.18. The molecule has 0 radical (unpaired) electrons. The Balaban J connectivity index is 1.38. The Morgan fingerprint density at radius 3 is 2.86 bits per heavy atom. The number of aryl methyl sites for hydroxylation is 2. The standard InChI is InChI=1S/C21H25N5O3/c1-15-12-16(2)26-20(22-15)14-19(24-26)21(27)23-17-4-3-5-18(13-17)29-11-8-25-6-9-28-10-7-25/h3-5,12-14H,6-11H2,1-2H3,(H,23,27). The fraction of sp³-hybridized carbons (Fsp3) is 0.381. The average molecular weight is 395 g/mol. The molecule has 8 nitrogen and oxygen atoms in total. The normalized spacial score (nSPS) is 14.8. The van der Waals surface area contributed by atoms with Crippen LogP contribution in [0.1, 0.15) is 21.9 Å². The van der Waals surface area contributed by atoms with Crippen LogP contribution >= 0.6 is 0 Å². The third-order valence-electron chi connectivity index (χ3n) is 4.84. The number of aromatic nitrogens is 3. The molecule has 0 saturated carbocycles. The minimum absolute atomic E-state index is 0.280. The van der Waals surface area contributed by atoms with Crippen LogP contribution in [0.4, 0.5) is 5.69 Å². The van der Waals surface area contributed by atoms with Gasteiger partial charge in [-0.05, 0) is 32.0 Å². The van der Waals surface area contributed by atoms with Gasteiger partial charge in [0.25, 0.3) is 5.91 Å². The number of ether oxygens (including phenoxy) is 2. The summed E-state index contributed by atoms with van der Waals surface area (Å²) in [6.45, 7) is 8.73. The van der Waals surface area contributed by atoms with Crippen molar-refractivity contribution in [2.75, 3.05) is 44.8 Å². The molecule has 1 fully saturated rings. The number of morpholine rings is 1. The number of carbonyl (C=O) groups excluding carboxylic acids is 1. The number of amides is 1. The van der Waals surface area contributed by atoms with Crippen LogP contribution in [-0.2, 0) is 4.74 Å². The van der Waals surface area contributed by atoms with Gasteiger partial charge in [0.05, 0.1) is 13.2 Å². The molecule has 1 aliphatic heterocycles. The van der Waals surface area contributed by atoms with E-state index >= 15 is 0 Å². The molecule has 1 saturated heterocycles. The summed E-state index contributed by atoms with van der Waals surface area (Å²) < 4.78 is 12.9. The number of hydrogen-bond acceptors (Lipinski definition) is 6. The van der Waals surface area contributed by atoms with E-state index in [4.69, 9.17) is 9.47 Å². The van der Waals surface area contributed by atoms with Gasteiger partial charge in [-0.1, -0.05) is 6.07 Å². The van der Waals surface area contributed by atoms with E-state index in [0.29, 0.717) is 23.6 Å². The zero-order valence-corrected chi connectivity index (χ0v) is 16.7. The molecule has 1 N–H and O–H groups in total. The molecule has 29 heavy (non-hydrogen) atoms. The summed E-state index contributed by atoms with van der Waals surface area (Å²) in [7, 11) is 0. The first-order chi connectivity index (χ1) is 14.1. The van der Waals surface area contributed by atoms with Crippen LogP contribution in [0.3, 0.4) is 0 Å². The monoisotopic (exact) mass is 395 g/mol. The van der Waals surface area contributed by atoms with Crippen molar-refractivity contribution in [3.8, 4) is 5.75 Å². The Bertz CT molecular complexity index is 1010. The number of anilines is 1. The number of carbonyl (C=O) groups is 1. The second-order valence-electron chi connectivity index (χ2n) is 7.12. The molecule has 0 unspecified atom stereocenters. The van der Waals surface area contributed by atoms with Crippen LogP contribution < -0.4 is 10.1 Å². The minimum Gasteiger partial charge on any atom is -0.492 e. The van der Waals surface area contributed by atoms with Crippen LogP contribution in [0.15, 0.2) is 36.4 Å². The average Bonchev–Trinajstić information content (AvgIpc) is 3.14. The summed E-state index contributed by atoms with van der Waals surface area (Å²) in [5.41, 5.74) is 3.47. The first-order valence-corrected chi connectivity index (χ1v) is 9.77. The van der Waals surface area contributed by atoms with Gasteiger partial charge in [0, 0.05) is 48.8 Å². The van der Waals surface area contributed by atoms with Crippen molar-refractivity contribution in [1.29, 1.82) is 0 Å². The Morgan fingerprint density at radius 1 is 1.21 bits per heavy atom. The van der Waals surface area contributed by atoms with E-state index in [-0.39, 0.29) is 5.91 Å². The van der Waals surface area contributed by atoms with Crippen LogP contribution in [-0.4, -0.2) is 64.9 Å². The second-order valence-corrected chi connectivity index (χ2v) is 7.12. The van der Waals surface area contributed by atoms with Gasteiger partial charge < -0.3 is 14.8 Å². The minimum atomic E-state index is -0.280. The van der Waals surface area contributed by atoms with E-state index in [1.54, 1.807) is 10.6 Å². The molecule has 8 heteroatoms. The topological polar surface area (TPSA) is 81.0 Å². The van der Waals surface area contributed by atoms with E-state index in [9.17, 15) is 4.79 Å². The van der Waals surface area contributed by atoms with Gasteiger partial charge in [0.15, 0.2) is 11.3 Å². The fourth-order valence-corrected chi connectivity index (χ4v) is 3.37. The third-order valence-corrected chi connectivity index (χ3v) is 4.84. The highest BCUT2D eigenvalue weighted by molar-refractivity contribution is 6.03. The summed E-state index contributed by atoms with van der Waals surface area (Å²) in [4.78, 5) is 19.4. The molecule has 3 aromatic rings. The predicted molar refractivity (Wildman–Crippen MR) is 110 cm³/mol. The van der Waals surface area contributed by atoms with Gasteiger partial charge in [-0.25, -0.2) is 9.50 Å². The lowest BCUT2D eigenvalue weighted by Gasteiger charge is -2.26. The summed E-state index contributed by atoms with van der Waals surface area (Å²) in [5, 5.41) is 7.25. The van der Waals surface area contributed by atoms with Crippen LogP contribution in [0.2, 0.25) is 0 Å². The number of fused-ring (bicyclic) bond motifs is 1. The maximum Gasteiger partial charge on any atom is 0.276 e. The molecule has 0 spiro atoms. The molecule has 0 aliphatic carbocycles.